The number of nitrogens with one attached hydrogen (secondary N) is 1. The normalized spacial score (nSPS) is 10.8. The first kappa shape index (κ1) is 11.8. The molecule has 6 nitrogen and oxygen atoms in total. The molecular weight excluding hydrogens is 262 g/mol. The minimum absolute atomic E-state index is 0.162. The molecule has 0 unspecified atom stereocenters. The van der Waals surface area contributed by atoms with Crippen LogP contribution < -0.4 is 10.9 Å². The van der Waals surface area contributed by atoms with E-state index in [1.54, 1.807) is 13.1 Å². The second kappa shape index (κ2) is 4.77. The molecule has 0 fully saturated rings. The third kappa shape index (κ3) is 2.45. The lowest BCUT2D eigenvalue weighted by molar-refractivity contribution is 0.884. The van der Waals surface area contributed by atoms with Crippen LogP contribution in [0.5, 0.6) is 0 Å². The molecule has 3 rings (SSSR count). The maximum atomic E-state index is 11.7. The molecule has 0 atom stereocenters. The van der Waals surface area contributed by atoms with Gasteiger partial charge in [0.05, 0.1) is 12.2 Å². The number of hydrogen-bond donors (Lipinski definition) is 1. The lowest BCUT2D eigenvalue weighted by Crippen LogP contribution is -2.14. The number of nitrogens with zero attached hydrogens (tertiary/aromatic N) is 4. The fraction of sp³-hybridized carbons (Fsp3) is 0.167. The van der Waals surface area contributed by atoms with Crippen molar-refractivity contribution in [2.24, 2.45) is 0 Å². The molecule has 3 aromatic heterocycles. The fourth-order valence-corrected chi connectivity index (χ4v) is 2.51. The monoisotopic (exact) mass is 273 g/mol. The summed E-state index contributed by atoms with van der Waals surface area (Å²) in [7, 11) is 0. The van der Waals surface area contributed by atoms with Crippen LogP contribution >= 0.6 is 11.3 Å². The van der Waals surface area contributed by atoms with Crippen molar-refractivity contribution in [2.45, 2.75) is 13.5 Å². The SMILES string of the molecule is Cc1cc(=O)n2nc(NCc3ccccn3)sc2n1. The lowest BCUT2D eigenvalue weighted by Gasteiger charge is -1.99. The van der Waals surface area contributed by atoms with Crippen LogP contribution in [-0.4, -0.2) is 19.6 Å². The summed E-state index contributed by atoms with van der Waals surface area (Å²) in [4.78, 5) is 20.8. The average Bonchev–Trinajstić information content (AvgIpc) is 2.81. The van der Waals surface area contributed by atoms with Gasteiger partial charge in [0.2, 0.25) is 10.1 Å². The van der Waals surface area contributed by atoms with E-state index in [1.807, 2.05) is 18.2 Å². The Hall–Kier alpha value is -2.28. The minimum atomic E-state index is -0.162. The first-order valence-corrected chi connectivity index (χ1v) is 6.55. The van der Waals surface area contributed by atoms with E-state index in [0.29, 0.717) is 22.3 Å². The number of aromatic nitrogens is 4. The van der Waals surface area contributed by atoms with Crippen molar-refractivity contribution in [3.63, 3.8) is 0 Å². The molecule has 96 valence electrons. The zero-order chi connectivity index (χ0) is 13.2. The van der Waals surface area contributed by atoms with Gasteiger partial charge in [-0.15, -0.1) is 5.10 Å². The number of fused-ring (bicyclic) bond motifs is 1. The molecule has 0 spiro atoms. The zero-order valence-electron chi connectivity index (χ0n) is 10.2. The zero-order valence-corrected chi connectivity index (χ0v) is 11.0. The summed E-state index contributed by atoms with van der Waals surface area (Å²) in [6.45, 7) is 2.36. The average molecular weight is 273 g/mol. The largest absolute Gasteiger partial charge is 0.354 e. The second-order valence-electron chi connectivity index (χ2n) is 4.01. The molecule has 19 heavy (non-hydrogen) atoms. The van der Waals surface area contributed by atoms with Gasteiger partial charge in [-0.25, -0.2) is 4.98 Å². The van der Waals surface area contributed by atoms with E-state index in [4.69, 9.17) is 0 Å². The van der Waals surface area contributed by atoms with Crippen LogP contribution in [0.4, 0.5) is 5.13 Å². The first-order valence-electron chi connectivity index (χ1n) is 5.74. The Morgan fingerprint density at radius 2 is 2.32 bits per heavy atom. The Morgan fingerprint density at radius 1 is 1.42 bits per heavy atom. The van der Waals surface area contributed by atoms with Gasteiger partial charge in [0.1, 0.15) is 0 Å². The van der Waals surface area contributed by atoms with Crippen LogP contribution in [0.1, 0.15) is 11.4 Å². The van der Waals surface area contributed by atoms with E-state index >= 15 is 0 Å². The van der Waals surface area contributed by atoms with E-state index in [2.05, 4.69) is 20.4 Å². The van der Waals surface area contributed by atoms with Crippen molar-refractivity contribution >= 4 is 21.4 Å². The van der Waals surface area contributed by atoms with Gasteiger partial charge in [-0.2, -0.15) is 4.52 Å². The van der Waals surface area contributed by atoms with E-state index in [1.165, 1.54) is 21.9 Å². The number of pyridine rings is 1. The van der Waals surface area contributed by atoms with Gasteiger partial charge in [-0.3, -0.25) is 9.78 Å². The van der Waals surface area contributed by atoms with E-state index in [9.17, 15) is 4.79 Å². The van der Waals surface area contributed by atoms with Gasteiger partial charge >= 0.3 is 0 Å². The van der Waals surface area contributed by atoms with Crippen LogP contribution in [0, 0.1) is 6.92 Å². The molecule has 0 radical (unpaired) electrons. The van der Waals surface area contributed by atoms with Gasteiger partial charge in [-0.1, -0.05) is 17.4 Å². The van der Waals surface area contributed by atoms with E-state index in [0.717, 1.165) is 5.69 Å². The number of anilines is 1. The van der Waals surface area contributed by atoms with Crippen molar-refractivity contribution < 1.29 is 0 Å². The lowest BCUT2D eigenvalue weighted by atomic mass is 10.3. The molecule has 0 bridgehead atoms. The smallest absolute Gasteiger partial charge is 0.275 e. The van der Waals surface area contributed by atoms with Gasteiger partial charge < -0.3 is 5.32 Å². The predicted octanol–water partition coefficient (Wildman–Crippen LogP) is 1.47. The molecule has 0 saturated heterocycles. The van der Waals surface area contributed by atoms with Gasteiger partial charge in [0.15, 0.2) is 0 Å². The summed E-state index contributed by atoms with van der Waals surface area (Å²) in [5, 5.41) is 7.99. The van der Waals surface area contributed by atoms with Crippen LogP contribution in [0.15, 0.2) is 35.3 Å². The van der Waals surface area contributed by atoms with Crippen molar-refractivity contribution in [3.8, 4) is 0 Å². The van der Waals surface area contributed by atoms with Crippen molar-refractivity contribution in [1.29, 1.82) is 0 Å². The molecule has 0 aromatic carbocycles. The summed E-state index contributed by atoms with van der Waals surface area (Å²) in [6, 6.07) is 7.19. The van der Waals surface area contributed by atoms with Crippen molar-refractivity contribution in [1.82, 2.24) is 19.6 Å². The summed E-state index contributed by atoms with van der Waals surface area (Å²) in [6.07, 6.45) is 1.74. The number of hydrogen-bond acceptors (Lipinski definition) is 6. The van der Waals surface area contributed by atoms with Crippen LogP contribution in [0.2, 0.25) is 0 Å². The molecule has 0 aliphatic heterocycles. The standard InChI is InChI=1S/C12H11N5OS/c1-8-6-10(18)17-12(15-8)19-11(16-17)14-7-9-4-2-3-5-13-9/h2-6H,7H2,1H3,(H,14,16). The predicted molar refractivity (Wildman–Crippen MR) is 73.4 cm³/mol. The van der Waals surface area contributed by atoms with Crippen molar-refractivity contribution in [2.75, 3.05) is 5.32 Å². The highest BCUT2D eigenvalue weighted by Crippen LogP contribution is 2.16. The molecule has 7 heteroatoms. The molecule has 0 aliphatic carbocycles. The molecule has 0 amide bonds. The maximum absolute atomic E-state index is 11.7. The Bertz CT molecular complexity index is 765. The molecule has 3 heterocycles. The van der Waals surface area contributed by atoms with Crippen LogP contribution in [0.3, 0.4) is 0 Å². The van der Waals surface area contributed by atoms with Gasteiger partial charge in [0.25, 0.3) is 5.56 Å². The minimum Gasteiger partial charge on any atom is -0.354 e. The first-order chi connectivity index (χ1) is 9.22. The van der Waals surface area contributed by atoms with E-state index in [-0.39, 0.29) is 5.56 Å². The number of rotatable bonds is 3. The highest BCUT2D eigenvalue weighted by atomic mass is 32.1. The summed E-state index contributed by atoms with van der Waals surface area (Å²) < 4.78 is 1.30. The third-order valence-corrected chi connectivity index (χ3v) is 3.39. The Labute approximate surface area is 112 Å². The molecule has 3 aromatic rings. The fourth-order valence-electron chi connectivity index (χ4n) is 1.66. The highest BCUT2D eigenvalue weighted by molar-refractivity contribution is 7.20. The molecule has 0 aliphatic rings. The highest BCUT2D eigenvalue weighted by Gasteiger charge is 2.07. The third-order valence-electron chi connectivity index (χ3n) is 2.52. The Kier molecular flexibility index (Phi) is 2.96. The van der Waals surface area contributed by atoms with Crippen LogP contribution in [-0.2, 0) is 6.54 Å². The summed E-state index contributed by atoms with van der Waals surface area (Å²) in [5.74, 6) is 0. The van der Waals surface area contributed by atoms with Gasteiger partial charge in [0, 0.05) is 18.0 Å². The Morgan fingerprint density at radius 3 is 3.11 bits per heavy atom. The van der Waals surface area contributed by atoms with Crippen LogP contribution in [0.25, 0.3) is 4.96 Å². The van der Waals surface area contributed by atoms with Crippen molar-refractivity contribution in [3.05, 3.63) is 52.2 Å². The number of aryl methyl sites for hydroxylation is 1. The molecular formula is C12H11N5OS. The van der Waals surface area contributed by atoms with E-state index < -0.39 is 0 Å². The quantitative estimate of drug-likeness (QED) is 0.782. The van der Waals surface area contributed by atoms with Gasteiger partial charge in [-0.05, 0) is 19.1 Å². The Balaban J connectivity index is 1.86. The molecule has 1 N–H and O–H groups in total. The second-order valence-corrected chi connectivity index (χ2v) is 4.97. The summed E-state index contributed by atoms with van der Waals surface area (Å²) in [5.41, 5.74) is 1.45. The maximum Gasteiger partial charge on any atom is 0.275 e. The molecule has 0 saturated carbocycles. The summed E-state index contributed by atoms with van der Waals surface area (Å²) >= 11 is 1.35. The topological polar surface area (TPSA) is 72.2 Å².